The number of amidine groups is 1. The molecule has 4 aromatic carbocycles. The van der Waals surface area contributed by atoms with Gasteiger partial charge in [0.25, 0.3) is 0 Å². The van der Waals surface area contributed by atoms with E-state index in [9.17, 15) is 0 Å². The second-order valence-electron chi connectivity index (χ2n) is 7.59. The van der Waals surface area contributed by atoms with Gasteiger partial charge in [0, 0.05) is 23.1 Å². The van der Waals surface area contributed by atoms with Gasteiger partial charge in [-0.15, -0.1) is 0 Å². The van der Waals surface area contributed by atoms with Crippen molar-refractivity contribution < 1.29 is 4.42 Å². The molecule has 3 heteroatoms. The first-order valence-corrected chi connectivity index (χ1v) is 10.3. The number of nitrogens with zero attached hydrogens (tertiary/aromatic N) is 1. The van der Waals surface area contributed by atoms with Gasteiger partial charge in [-0.1, -0.05) is 72.8 Å². The molecule has 0 amide bonds. The Bertz CT molecular complexity index is 1420. The lowest BCUT2D eigenvalue weighted by atomic mass is 9.97. The molecular weight excluding hydrogens is 368 g/mol. The standard InChI is InChI=1S/C27H20N2O/c1-2-8-21-18(6-1)7-5-11-22(21)19-12-13-25-20(16-19)17-26(30-25)23-9-3-4-10-24(23)27-28-14-15-29-27/h1-13,16-17H,14-15H2,(H,28,29). The first kappa shape index (κ1) is 17.0. The van der Waals surface area contributed by atoms with Crippen molar-refractivity contribution in [3.63, 3.8) is 0 Å². The first-order chi connectivity index (χ1) is 14.9. The molecule has 1 aliphatic rings. The smallest absolute Gasteiger partial charge is 0.136 e. The fourth-order valence-corrected chi connectivity index (χ4v) is 4.30. The van der Waals surface area contributed by atoms with E-state index in [2.05, 4.69) is 89.2 Å². The largest absolute Gasteiger partial charge is 0.456 e. The van der Waals surface area contributed by atoms with Crippen LogP contribution in [0, 0.1) is 0 Å². The Morgan fingerprint density at radius 3 is 2.40 bits per heavy atom. The van der Waals surface area contributed by atoms with E-state index in [-0.39, 0.29) is 0 Å². The summed E-state index contributed by atoms with van der Waals surface area (Å²) in [6.45, 7) is 1.70. The first-order valence-electron chi connectivity index (χ1n) is 10.3. The Balaban J connectivity index is 1.48. The highest BCUT2D eigenvalue weighted by Crippen LogP contribution is 2.35. The minimum Gasteiger partial charge on any atom is -0.456 e. The van der Waals surface area contributed by atoms with Crippen molar-refractivity contribution in [2.75, 3.05) is 13.1 Å². The zero-order valence-corrected chi connectivity index (χ0v) is 16.4. The molecule has 0 radical (unpaired) electrons. The molecule has 0 saturated carbocycles. The Kier molecular flexibility index (Phi) is 3.91. The molecule has 2 heterocycles. The van der Waals surface area contributed by atoms with Gasteiger partial charge < -0.3 is 9.73 Å². The maximum atomic E-state index is 6.25. The number of furan rings is 1. The third-order valence-corrected chi connectivity index (χ3v) is 5.74. The summed E-state index contributed by atoms with van der Waals surface area (Å²) in [4.78, 5) is 4.59. The molecule has 144 valence electrons. The van der Waals surface area contributed by atoms with Gasteiger partial charge in [0.15, 0.2) is 0 Å². The zero-order chi connectivity index (χ0) is 19.9. The van der Waals surface area contributed by atoms with Crippen LogP contribution in [-0.2, 0) is 0 Å². The Morgan fingerprint density at radius 1 is 0.700 bits per heavy atom. The van der Waals surface area contributed by atoms with E-state index in [4.69, 9.17) is 4.42 Å². The fraction of sp³-hybridized carbons (Fsp3) is 0.0741. The lowest BCUT2D eigenvalue weighted by Gasteiger charge is -2.07. The van der Waals surface area contributed by atoms with Gasteiger partial charge in [0.2, 0.25) is 0 Å². The van der Waals surface area contributed by atoms with Crippen LogP contribution in [0.1, 0.15) is 5.56 Å². The van der Waals surface area contributed by atoms with E-state index >= 15 is 0 Å². The SMILES string of the molecule is c1ccc(-c2cc3cc(-c4cccc5ccccc45)ccc3o2)c(C2=NCCN2)c1. The Labute approximate surface area is 174 Å². The van der Waals surface area contributed by atoms with Crippen LogP contribution in [0.25, 0.3) is 44.2 Å². The number of hydrogen-bond acceptors (Lipinski definition) is 3. The van der Waals surface area contributed by atoms with Crippen molar-refractivity contribution in [3.05, 3.63) is 96.6 Å². The number of rotatable bonds is 3. The van der Waals surface area contributed by atoms with Gasteiger partial charge in [-0.2, -0.15) is 0 Å². The van der Waals surface area contributed by atoms with Crippen LogP contribution in [0.2, 0.25) is 0 Å². The molecule has 0 spiro atoms. The van der Waals surface area contributed by atoms with Gasteiger partial charge in [-0.3, -0.25) is 4.99 Å². The van der Waals surface area contributed by atoms with E-state index in [0.717, 1.165) is 46.8 Å². The summed E-state index contributed by atoms with van der Waals surface area (Å²) in [5, 5.41) is 6.99. The molecule has 0 fully saturated rings. The summed E-state index contributed by atoms with van der Waals surface area (Å²) in [6, 6.07) is 31.8. The molecule has 5 aromatic rings. The van der Waals surface area contributed by atoms with Crippen LogP contribution in [0.3, 0.4) is 0 Å². The molecule has 0 atom stereocenters. The molecular formula is C27H20N2O. The van der Waals surface area contributed by atoms with Crippen LogP contribution in [0.15, 0.2) is 100 Å². The van der Waals surface area contributed by atoms with Crippen molar-refractivity contribution in [1.29, 1.82) is 0 Å². The average molecular weight is 388 g/mol. The summed E-state index contributed by atoms with van der Waals surface area (Å²) < 4.78 is 6.25. The fourth-order valence-electron chi connectivity index (χ4n) is 4.30. The second-order valence-corrected chi connectivity index (χ2v) is 7.59. The molecule has 0 unspecified atom stereocenters. The molecule has 1 aliphatic heterocycles. The van der Waals surface area contributed by atoms with Gasteiger partial charge in [-0.25, -0.2) is 0 Å². The van der Waals surface area contributed by atoms with Gasteiger partial charge >= 0.3 is 0 Å². The van der Waals surface area contributed by atoms with Crippen LogP contribution in [-0.4, -0.2) is 18.9 Å². The number of benzene rings is 4. The summed E-state index contributed by atoms with van der Waals surface area (Å²) >= 11 is 0. The molecule has 1 aromatic heterocycles. The van der Waals surface area contributed by atoms with Gasteiger partial charge in [0.1, 0.15) is 17.2 Å². The number of nitrogens with one attached hydrogen (secondary N) is 1. The van der Waals surface area contributed by atoms with E-state index < -0.39 is 0 Å². The van der Waals surface area contributed by atoms with E-state index in [1.54, 1.807) is 0 Å². The predicted octanol–water partition coefficient (Wildman–Crippen LogP) is 6.27. The third kappa shape index (κ3) is 2.79. The molecule has 0 bridgehead atoms. The van der Waals surface area contributed by atoms with Crippen molar-refractivity contribution in [3.8, 4) is 22.5 Å². The van der Waals surface area contributed by atoms with Gasteiger partial charge in [0.05, 0.1) is 6.54 Å². The zero-order valence-electron chi connectivity index (χ0n) is 16.4. The lowest BCUT2D eigenvalue weighted by molar-refractivity contribution is 0.631. The summed E-state index contributed by atoms with van der Waals surface area (Å²) in [5.41, 5.74) is 5.48. The molecule has 30 heavy (non-hydrogen) atoms. The lowest BCUT2D eigenvalue weighted by Crippen LogP contribution is -2.20. The Hall–Kier alpha value is -3.85. The van der Waals surface area contributed by atoms with Gasteiger partial charge in [-0.05, 0) is 40.1 Å². The minimum atomic E-state index is 0.818. The van der Waals surface area contributed by atoms with Crippen LogP contribution < -0.4 is 5.32 Å². The van der Waals surface area contributed by atoms with Crippen LogP contribution in [0.4, 0.5) is 0 Å². The van der Waals surface area contributed by atoms with E-state index in [1.807, 2.05) is 12.1 Å². The quantitative estimate of drug-likeness (QED) is 0.395. The molecule has 0 aliphatic carbocycles. The normalized spacial score (nSPS) is 13.5. The maximum Gasteiger partial charge on any atom is 0.136 e. The number of fused-ring (bicyclic) bond motifs is 2. The molecule has 6 rings (SSSR count). The molecule has 3 nitrogen and oxygen atoms in total. The highest BCUT2D eigenvalue weighted by molar-refractivity contribution is 6.05. The van der Waals surface area contributed by atoms with E-state index in [1.165, 1.54) is 21.9 Å². The Morgan fingerprint density at radius 2 is 1.50 bits per heavy atom. The number of hydrogen-bond donors (Lipinski definition) is 1. The monoisotopic (exact) mass is 388 g/mol. The molecule has 1 N–H and O–H groups in total. The third-order valence-electron chi connectivity index (χ3n) is 5.74. The second kappa shape index (κ2) is 6.89. The van der Waals surface area contributed by atoms with Crippen LogP contribution >= 0.6 is 0 Å². The van der Waals surface area contributed by atoms with Crippen LogP contribution in [0.5, 0.6) is 0 Å². The molecule has 0 saturated heterocycles. The maximum absolute atomic E-state index is 6.25. The highest BCUT2D eigenvalue weighted by Gasteiger charge is 2.16. The topological polar surface area (TPSA) is 37.5 Å². The number of aliphatic imine (C=N–C) groups is 1. The van der Waals surface area contributed by atoms with Crippen molar-refractivity contribution in [2.24, 2.45) is 4.99 Å². The summed E-state index contributed by atoms with van der Waals surface area (Å²) in [6.07, 6.45) is 0. The minimum absolute atomic E-state index is 0.818. The van der Waals surface area contributed by atoms with Crippen molar-refractivity contribution in [1.82, 2.24) is 5.32 Å². The predicted molar refractivity (Wildman–Crippen MR) is 124 cm³/mol. The highest BCUT2D eigenvalue weighted by atomic mass is 16.3. The van der Waals surface area contributed by atoms with Crippen molar-refractivity contribution in [2.45, 2.75) is 0 Å². The average Bonchev–Trinajstić information content (AvgIpc) is 3.48. The van der Waals surface area contributed by atoms with Crippen molar-refractivity contribution >= 4 is 27.6 Å². The summed E-state index contributed by atoms with van der Waals surface area (Å²) in [7, 11) is 0. The van der Waals surface area contributed by atoms with E-state index in [0.29, 0.717) is 0 Å². The summed E-state index contributed by atoms with van der Waals surface area (Å²) in [5.74, 6) is 1.81.